The molecule has 0 aliphatic carbocycles. The molecule has 0 bridgehead atoms. The molecule has 27 heavy (non-hydrogen) atoms. The lowest BCUT2D eigenvalue weighted by Crippen LogP contribution is -2.29. The number of carbonyl (C=O) groups excluding carboxylic acids is 3. The van der Waals surface area contributed by atoms with Crippen molar-refractivity contribution in [3.63, 3.8) is 0 Å². The van der Waals surface area contributed by atoms with E-state index in [2.05, 4.69) is 0 Å². The molecule has 138 valence electrons. The van der Waals surface area contributed by atoms with Gasteiger partial charge in [-0.05, 0) is 47.7 Å². The van der Waals surface area contributed by atoms with E-state index in [0.29, 0.717) is 17.0 Å². The fraction of sp³-hybridized carbons (Fsp3) is 0.105. The van der Waals surface area contributed by atoms with E-state index in [-0.39, 0.29) is 15.9 Å². The van der Waals surface area contributed by atoms with Gasteiger partial charge in [0.25, 0.3) is 11.1 Å². The van der Waals surface area contributed by atoms with Gasteiger partial charge < -0.3 is 19.4 Å². The molecule has 0 N–H and O–H groups in total. The molecule has 1 fully saturated rings. The first-order valence-corrected chi connectivity index (χ1v) is 8.65. The van der Waals surface area contributed by atoms with Crippen LogP contribution in [0.1, 0.15) is 5.56 Å². The van der Waals surface area contributed by atoms with E-state index < -0.39 is 18.5 Å². The summed E-state index contributed by atoms with van der Waals surface area (Å²) in [5, 5.41) is 10.1. The van der Waals surface area contributed by atoms with Crippen LogP contribution in [-0.4, -0.2) is 30.8 Å². The van der Waals surface area contributed by atoms with Crippen molar-refractivity contribution in [2.45, 2.75) is 0 Å². The van der Waals surface area contributed by atoms with Gasteiger partial charge in [0.2, 0.25) is 0 Å². The lowest BCUT2D eigenvalue weighted by atomic mass is 10.2. The number of amides is 2. The molecule has 1 aliphatic heterocycles. The summed E-state index contributed by atoms with van der Waals surface area (Å²) in [7, 11) is 1.41. The Balaban J connectivity index is 1.85. The monoisotopic (exact) mass is 384 g/mol. The average molecular weight is 384 g/mol. The highest BCUT2D eigenvalue weighted by Crippen LogP contribution is 2.36. The Labute approximate surface area is 159 Å². The number of carbonyl (C=O) groups is 3. The molecule has 1 saturated heterocycles. The summed E-state index contributed by atoms with van der Waals surface area (Å²) in [6, 6.07) is 13.4. The number of ether oxygens (including phenoxy) is 2. The fourth-order valence-electron chi connectivity index (χ4n) is 2.45. The molecule has 2 amide bonds. The van der Waals surface area contributed by atoms with Gasteiger partial charge in [-0.2, -0.15) is 0 Å². The zero-order chi connectivity index (χ0) is 19.4. The molecular formula is C19H14NO6S-. The van der Waals surface area contributed by atoms with Gasteiger partial charge in [0.05, 0.1) is 23.7 Å². The number of rotatable bonds is 6. The molecule has 2 aromatic rings. The van der Waals surface area contributed by atoms with Gasteiger partial charge in [0, 0.05) is 0 Å². The Morgan fingerprint density at radius 1 is 1.15 bits per heavy atom. The number of benzene rings is 2. The number of nitrogens with zero attached hydrogens (tertiary/aromatic N) is 1. The molecule has 0 unspecified atom stereocenters. The number of carboxylic acid groups (broad SMARTS) is 1. The highest BCUT2D eigenvalue weighted by Gasteiger charge is 2.36. The van der Waals surface area contributed by atoms with E-state index in [1.54, 1.807) is 48.5 Å². The van der Waals surface area contributed by atoms with Crippen LogP contribution in [0, 0.1) is 0 Å². The van der Waals surface area contributed by atoms with Crippen molar-refractivity contribution in [1.82, 2.24) is 0 Å². The third kappa shape index (κ3) is 4.12. The Bertz CT molecular complexity index is 925. The molecule has 8 heteroatoms. The summed E-state index contributed by atoms with van der Waals surface area (Å²) in [6.45, 7) is -0.605. The predicted molar refractivity (Wildman–Crippen MR) is 98.4 cm³/mol. The summed E-state index contributed by atoms with van der Waals surface area (Å²) < 4.78 is 10.3. The number of hydrogen-bond donors (Lipinski definition) is 0. The summed E-state index contributed by atoms with van der Waals surface area (Å²) >= 11 is 0.844. The third-order valence-electron chi connectivity index (χ3n) is 3.64. The second kappa shape index (κ2) is 7.96. The third-order valence-corrected chi connectivity index (χ3v) is 4.51. The Morgan fingerprint density at radius 2 is 1.89 bits per heavy atom. The van der Waals surface area contributed by atoms with Gasteiger partial charge in [0.15, 0.2) is 11.5 Å². The van der Waals surface area contributed by atoms with Crippen LogP contribution in [0.25, 0.3) is 6.08 Å². The van der Waals surface area contributed by atoms with Crippen molar-refractivity contribution in [1.29, 1.82) is 0 Å². The molecule has 0 aromatic heterocycles. The van der Waals surface area contributed by atoms with E-state index in [4.69, 9.17) is 9.47 Å². The summed E-state index contributed by atoms with van der Waals surface area (Å²) in [4.78, 5) is 36.7. The number of methoxy groups -OCH3 is 1. The molecule has 3 rings (SSSR count). The van der Waals surface area contributed by atoms with Crippen molar-refractivity contribution in [2.75, 3.05) is 18.6 Å². The van der Waals surface area contributed by atoms with Crippen LogP contribution in [-0.2, 0) is 9.59 Å². The maximum Gasteiger partial charge on any atom is 0.298 e. The number of para-hydroxylation sites is 1. The largest absolute Gasteiger partial charge is 0.546 e. The molecule has 7 nitrogen and oxygen atoms in total. The second-order valence-electron chi connectivity index (χ2n) is 5.42. The minimum Gasteiger partial charge on any atom is -0.546 e. The highest BCUT2D eigenvalue weighted by atomic mass is 32.2. The topological polar surface area (TPSA) is 96.0 Å². The quantitative estimate of drug-likeness (QED) is 0.704. The molecule has 2 aromatic carbocycles. The number of thioether (sulfide) groups is 1. The first kappa shape index (κ1) is 18.5. The number of imide groups is 1. The van der Waals surface area contributed by atoms with Crippen molar-refractivity contribution < 1.29 is 29.0 Å². The molecule has 0 atom stereocenters. The Kier molecular flexibility index (Phi) is 5.46. The normalized spacial score (nSPS) is 15.3. The van der Waals surface area contributed by atoms with Crippen molar-refractivity contribution in [2.24, 2.45) is 0 Å². The summed E-state index contributed by atoms with van der Waals surface area (Å²) in [6.07, 6.45) is 1.57. The predicted octanol–water partition coefficient (Wildman–Crippen LogP) is 2.06. The number of aliphatic carboxylic acids is 1. The second-order valence-corrected chi connectivity index (χ2v) is 6.42. The number of anilines is 1. The van der Waals surface area contributed by atoms with Crippen LogP contribution >= 0.6 is 11.8 Å². The fourth-order valence-corrected chi connectivity index (χ4v) is 3.29. The highest BCUT2D eigenvalue weighted by molar-refractivity contribution is 8.19. The summed E-state index contributed by atoms with van der Waals surface area (Å²) in [5.74, 6) is -1.23. The SMILES string of the molecule is COc1cc(/C=C2\SC(=O)N(c3ccccc3)C2=O)ccc1OCC(=O)[O-]. The van der Waals surface area contributed by atoms with E-state index >= 15 is 0 Å². The van der Waals surface area contributed by atoms with Gasteiger partial charge in [-0.25, -0.2) is 4.90 Å². The smallest absolute Gasteiger partial charge is 0.298 e. The minimum atomic E-state index is -1.35. The van der Waals surface area contributed by atoms with E-state index in [9.17, 15) is 19.5 Å². The van der Waals surface area contributed by atoms with Gasteiger partial charge in [-0.15, -0.1) is 0 Å². The van der Waals surface area contributed by atoms with Gasteiger partial charge >= 0.3 is 0 Å². The van der Waals surface area contributed by atoms with Crippen molar-refractivity contribution >= 4 is 40.6 Å². The van der Waals surface area contributed by atoms with Crippen LogP contribution in [0.3, 0.4) is 0 Å². The van der Waals surface area contributed by atoms with Crippen LogP contribution in [0.15, 0.2) is 53.4 Å². The standard InChI is InChI=1S/C19H15NO6S/c1-25-15-9-12(7-8-14(15)26-11-17(21)22)10-16-18(23)20(19(24)27-16)13-5-3-2-4-6-13/h2-10H,11H2,1H3,(H,21,22)/p-1/b16-10-. The number of hydrogen-bond acceptors (Lipinski definition) is 7. The molecule has 0 spiro atoms. The van der Waals surface area contributed by atoms with Crippen LogP contribution in [0.5, 0.6) is 11.5 Å². The molecular weight excluding hydrogens is 370 g/mol. The maximum absolute atomic E-state index is 12.6. The number of carboxylic acids is 1. The van der Waals surface area contributed by atoms with Crippen LogP contribution < -0.4 is 19.5 Å². The lowest BCUT2D eigenvalue weighted by molar-refractivity contribution is -0.307. The van der Waals surface area contributed by atoms with Gasteiger partial charge in [-0.1, -0.05) is 24.3 Å². The van der Waals surface area contributed by atoms with Crippen LogP contribution in [0.2, 0.25) is 0 Å². The Hall–Kier alpha value is -3.26. The van der Waals surface area contributed by atoms with Gasteiger partial charge in [0.1, 0.15) is 6.61 Å². The molecule has 1 heterocycles. The minimum absolute atomic E-state index is 0.233. The Morgan fingerprint density at radius 3 is 2.56 bits per heavy atom. The summed E-state index contributed by atoms with van der Waals surface area (Å²) in [5.41, 5.74) is 1.11. The van der Waals surface area contributed by atoms with E-state index in [1.807, 2.05) is 0 Å². The van der Waals surface area contributed by atoms with Crippen molar-refractivity contribution in [3.8, 4) is 11.5 Å². The average Bonchev–Trinajstić information content (AvgIpc) is 2.94. The van der Waals surface area contributed by atoms with E-state index in [0.717, 1.165) is 16.7 Å². The van der Waals surface area contributed by atoms with Gasteiger partial charge in [-0.3, -0.25) is 9.59 Å². The molecule has 1 aliphatic rings. The first-order valence-electron chi connectivity index (χ1n) is 7.83. The molecule has 0 radical (unpaired) electrons. The maximum atomic E-state index is 12.6. The zero-order valence-corrected chi connectivity index (χ0v) is 15.0. The zero-order valence-electron chi connectivity index (χ0n) is 14.2. The van der Waals surface area contributed by atoms with Crippen molar-refractivity contribution in [3.05, 3.63) is 59.0 Å². The van der Waals surface area contributed by atoms with Crippen LogP contribution in [0.4, 0.5) is 10.5 Å². The first-order chi connectivity index (χ1) is 13.0. The van der Waals surface area contributed by atoms with E-state index in [1.165, 1.54) is 13.2 Å². The molecule has 0 saturated carbocycles. The lowest BCUT2D eigenvalue weighted by Gasteiger charge is -2.12.